The number of hydrogen-bond acceptors (Lipinski definition) is 1. The third-order valence-electron chi connectivity index (χ3n) is 5.88. The summed E-state index contributed by atoms with van der Waals surface area (Å²) in [6, 6.07) is 9.03. The Hall–Kier alpha value is -1.99. The normalized spacial score (nSPS) is 16.1. The Morgan fingerprint density at radius 2 is 1.88 bits per heavy atom. The van der Waals surface area contributed by atoms with Crippen molar-refractivity contribution in [3.05, 3.63) is 106 Å². The summed E-state index contributed by atoms with van der Waals surface area (Å²) >= 11 is 4.54. The Kier molecular flexibility index (Phi) is 10.6. The molecule has 0 nitrogen and oxygen atoms in total. The van der Waals surface area contributed by atoms with E-state index in [-0.39, 0.29) is 0 Å². The number of aryl methyl sites for hydroxylation is 1. The Labute approximate surface area is 203 Å². The summed E-state index contributed by atoms with van der Waals surface area (Å²) in [5.41, 5.74) is 9.34. The van der Waals surface area contributed by atoms with Crippen molar-refractivity contribution in [2.75, 3.05) is 0 Å². The first-order valence-corrected chi connectivity index (χ1v) is 12.5. The van der Waals surface area contributed by atoms with E-state index in [0.717, 1.165) is 37.0 Å². The fourth-order valence-corrected chi connectivity index (χ4v) is 4.79. The molecule has 0 saturated heterocycles. The largest absolute Gasteiger partial charge is 0.143 e. The van der Waals surface area contributed by atoms with Gasteiger partial charge in [0.25, 0.3) is 0 Å². The maximum atomic E-state index is 4.54. The van der Waals surface area contributed by atoms with Gasteiger partial charge in [-0.2, -0.15) is 0 Å². The molecule has 0 radical (unpaired) electrons. The highest BCUT2D eigenvalue weighted by molar-refractivity contribution is 7.84. The van der Waals surface area contributed by atoms with Crippen LogP contribution in [0.15, 0.2) is 94.5 Å². The van der Waals surface area contributed by atoms with E-state index in [1.807, 2.05) is 0 Å². The number of thiol groups is 1. The zero-order valence-corrected chi connectivity index (χ0v) is 21.8. The van der Waals surface area contributed by atoms with Crippen LogP contribution in [0, 0.1) is 11.8 Å². The monoisotopic (exact) mass is 446 g/mol. The molecule has 1 aromatic carbocycles. The third kappa shape index (κ3) is 8.51. The van der Waals surface area contributed by atoms with E-state index in [2.05, 4.69) is 109 Å². The van der Waals surface area contributed by atoms with Crippen LogP contribution in [0.5, 0.6) is 0 Å². The summed E-state index contributed by atoms with van der Waals surface area (Å²) in [7, 11) is 0. The van der Waals surface area contributed by atoms with Gasteiger partial charge in [0.1, 0.15) is 0 Å². The maximum absolute atomic E-state index is 4.54. The molecule has 172 valence electrons. The standard InChI is InChI=1S/C31H42S/c1-22(2)18-28-14-11-13-27(21-28)17-16-24(5)12-9-8-10-15-29-20-25(6)31(26(7)32)30(29)19-23(3)4/h9,11-14,19-22,29,32H,5,7-8,10,15-18H2,1-4,6H3/b12-9+. The molecule has 2 rings (SSSR count). The molecule has 1 aliphatic carbocycles. The number of rotatable bonds is 12. The number of hydrogen-bond donors (Lipinski definition) is 1. The van der Waals surface area contributed by atoms with Gasteiger partial charge in [-0.3, -0.25) is 0 Å². The maximum Gasteiger partial charge on any atom is 0.00461 e. The SMILES string of the molecule is C=C(/C=C/CCCC1C=C(C)C(C(=C)S)=C1C=C(C)C)CCc1cccc(CC(C)C)c1. The van der Waals surface area contributed by atoms with Gasteiger partial charge in [-0.05, 0) is 93.1 Å². The number of unbranched alkanes of at least 4 members (excludes halogenated alkanes) is 1. The molecule has 0 heterocycles. The molecular formula is C31H42S. The third-order valence-corrected chi connectivity index (χ3v) is 6.10. The molecule has 1 aliphatic rings. The molecule has 0 fully saturated rings. The lowest BCUT2D eigenvalue weighted by Gasteiger charge is -2.13. The van der Waals surface area contributed by atoms with Crippen LogP contribution in [-0.2, 0) is 12.8 Å². The first-order valence-electron chi connectivity index (χ1n) is 12.1. The minimum atomic E-state index is 0.471. The fourth-order valence-electron chi connectivity index (χ4n) is 4.49. The summed E-state index contributed by atoms with van der Waals surface area (Å²) in [5.74, 6) is 1.17. The van der Waals surface area contributed by atoms with Crippen LogP contribution in [0.2, 0.25) is 0 Å². The van der Waals surface area contributed by atoms with Crippen molar-refractivity contribution in [2.45, 2.75) is 73.1 Å². The van der Waals surface area contributed by atoms with E-state index in [4.69, 9.17) is 0 Å². The second-order valence-electron chi connectivity index (χ2n) is 9.86. The fraction of sp³-hybridized carbons (Fsp3) is 0.419. The molecule has 32 heavy (non-hydrogen) atoms. The summed E-state index contributed by atoms with van der Waals surface area (Å²) in [5, 5.41) is 0. The second kappa shape index (κ2) is 12.9. The van der Waals surface area contributed by atoms with E-state index in [1.165, 1.54) is 45.4 Å². The van der Waals surface area contributed by atoms with Crippen LogP contribution in [0.25, 0.3) is 0 Å². The highest BCUT2D eigenvalue weighted by Gasteiger charge is 2.23. The van der Waals surface area contributed by atoms with Crippen LogP contribution in [0.1, 0.15) is 71.4 Å². The van der Waals surface area contributed by atoms with Gasteiger partial charge in [0.05, 0.1) is 0 Å². The lowest BCUT2D eigenvalue weighted by molar-refractivity contribution is 0.646. The summed E-state index contributed by atoms with van der Waals surface area (Å²) in [6.07, 6.45) is 15.9. The van der Waals surface area contributed by atoms with Crippen LogP contribution < -0.4 is 0 Å². The molecule has 0 saturated carbocycles. The van der Waals surface area contributed by atoms with E-state index in [9.17, 15) is 0 Å². The summed E-state index contributed by atoms with van der Waals surface area (Å²) in [4.78, 5) is 0.875. The lowest BCUT2D eigenvalue weighted by atomic mass is 9.93. The van der Waals surface area contributed by atoms with Gasteiger partial charge in [-0.25, -0.2) is 0 Å². The number of benzene rings is 1. The van der Waals surface area contributed by atoms with Crippen molar-refractivity contribution in [2.24, 2.45) is 11.8 Å². The molecule has 1 aromatic rings. The molecule has 0 amide bonds. The first kappa shape index (κ1) is 26.3. The predicted molar refractivity (Wildman–Crippen MR) is 147 cm³/mol. The van der Waals surface area contributed by atoms with Gasteiger partial charge in [-0.1, -0.05) is 86.7 Å². The zero-order valence-electron chi connectivity index (χ0n) is 20.9. The minimum Gasteiger partial charge on any atom is -0.143 e. The van der Waals surface area contributed by atoms with Gasteiger partial charge < -0.3 is 0 Å². The smallest absolute Gasteiger partial charge is 0.00461 e. The van der Waals surface area contributed by atoms with Gasteiger partial charge >= 0.3 is 0 Å². The lowest BCUT2D eigenvalue weighted by Crippen LogP contribution is -1.98. The van der Waals surface area contributed by atoms with E-state index < -0.39 is 0 Å². The molecular weight excluding hydrogens is 404 g/mol. The Morgan fingerprint density at radius 1 is 1.16 bits per heavy atom. The van der Waals surface area contributed by atoms with Crippen molar-refractivity contribution in [3.63, 3.8) is 0 Å². The molecule has 0 N–H and O–H groups in total. The Morgan fingerprint density at radius 3 is 2.53 bits per heavy atom. The van der Waals surface area contributed by atoms with E-state index in [1.54, 1.807) is 0 Å². The molecule has 0 bridgehead atoms. The van der Waals surface area contributed by atoms with Crippen molar-refractivity contribution in [1.82, 2.24) is 0 Å². The first-order chi connectivity index (χ1) is 15.2. The average molecular weight is 447 g/mol. The molecule has 1 unspecified atom stereocenters. The number of allylic oxidation sites excluding steroid dienone is 9. The average Bonchev–Trinajstić information content (AvgIpc) is 3.00. The quantitative estimate of drug-likeness (QED) is 0.184. The Balaban J connectivity index is 1.81. The van der Waals surface area contributed by atoms with Crippen LogP contribution in [-0.4, -0.2) is 0 Å². The second-order valence-corrected chi connectivity index (χ2v) is 10.4. The van der Waals surface area contributed by atoms with Crippen molar-refractivity contribution < 1.29 is 0 Å². The van der Waals surface area contributed by atoms with Crippen molar-refractivity contribution >= 4 is 12.6 Å². The summed E-state index contributed by atoms with van der Waals surface area (Å²) < 4.78 is 0. The molecule has 0 aromatic heterocycles. The van der Waals surface area contributed by atoms with Crippen LogP contribution in [0.4, 0.5) is 0 Å². The van der Waals surface area contributed by atoms with Gasteiger partial charge in [0.2, 0.25) is 0 Å². The summed E-state index contributed by atoms with van der Waals surface area (Å²) in [6.45, 7) is 19.4. The topological polar surface area (TPSA) is 0 Å². The van der Waals surface area contributed by atoms with E-state index >= 15 is 0 Å². The van der Waals surface area contributed by atoms with Crippen LogP contribution >= 0.6 is 12.6 Å². The van der Waals surface area contributed by atoms with E-state index in [0.29, 0.717) is 11.8 Å². The predicted octanol–water partition coefficient (Wildman–Crippen LogP) is 9.38. The van der Waals surface area contributed by atoms with Gasteiger partial charge in [0.15, 0.2) is 0 Å². The van der Waals surface area contributed by atoms with Crippen molar-refractivity contribution in [1.29, 1.82) is 0 Å². The molecule has 0 spiro atoms. The molecule has 1 heteroatoms. The zero-order chi connectivity index (χ0) is 23.7. The minimum absolute atomic E-state index is 0.471. The highest BCUT2D eigenvalue weighted by Crippen LogP contribution is 2.39. The molecule has 0 aliphatic heterocycles. The highest BCUT2D eigenvalue weighted by atomic mass is 32.1. The molecule has 1 atom stereocenters. The van der Waals surface area contributed by atoms with Gasteiger partial charge in [0, 0.05) is 10.8 Å². The van der Waals surface area contributed by atoms with Gasteiger partial charge in [-0.15, -0.1) is 12.6 Å². The Bertz CT molecular complexity index is 929. The van der Waals surface area contributed by atoms with Crippen molar-refractivity contribution in [3.8, 4) is 0 Å². The van der Waals surface area contributed by atoms with Crippen LogP contribution in [0.3, 0.4) is 0 Å².